The van der Waals surface area contributed by atoms with E-state index in [4.69, 9.17) is 0 Å². The third-order valence-corrected chi connectivity index (χ3v) is 2.66. The van der Waals surface area contributed by atoms with Crippen LogP contribution in [-0.4, -0.2) is 47.8 Å². The molecular formula is C10H16N2O2. The highest BCUT2D eigenvalue weighted by molar-refractivity contribution is 6.12. The predicted octanol–water partition coefficient (Wildman–Crippen LogP) is 0.252. The number of nitrogens with zero attached hydrogens (tertiary/aromatic N) is 2. The topological polar surface area (TPSA) is 40.6 Å². The second-order valence-corrected chi connectivity index (χ2v) is 4.30. The largest absolute Gasteiger partial charge is 0.302 e. The van der Waals surface area contributed by atoms with E-state index in [1.165, 1.54) is 17.1 Å². The van der Waals surface area contributed by atoms with Crippen molar-refractivity contribution in [3.8, 4) is 0 Å². The molecule has 4 nitrogen and oxygen atoms in total. The van der Waals surface area contributed by atoms with Crippen molar-refractivity contribution in [2.24, 2.45) is 0 Å². The van der Waals surface area contributed by atoms with Crippen LogP contribution < -0.4 is 0 Å². The van der Waals surface area contributed by atoms with Crippen LogP contribution in [0, 0.1) is 0 Å². The lowest BCUT2D eigenvalue weighted by atomic mass is 10.0. The molecular weight excluding hydrogens is 180 g/mol. The summed E-state index contributed by atoms with van der Waals surface area (Å²) >= 11 is 0. The fourth-order valence-corrected chi connectivity index (χ4v) is 1.12. The molecule has 0 saturated carbocycles. The molecule has 0 aromatic carbocycles. The van der Waals surface area contributed by atoms with Gasteiger partial charge in [0.05, 0.1) is 0 Å². The molecule has 0 spiro atoms. The Bertz CT molecular complexity index is 274. The summed E-state index contributed by atoms with van der Waals surface area (Å²) in [5.74, 6) is -0.435. The minimum Gasteiger partial charge on any atom is -0.302 e. The number of carbonyl (C=O) groups excluding carboxylic acids is 2. The van der Waals surface area contributed by atoms with Crippen molar-refractivity contribution in [1.82, 2.24) is 9.80 Å². The van der Waals surface area contributed by atoms with Crippen LogP contribution in [0.5, 0.6) is 0 Å². The molecule has 0 aliphatic carbocycles. The first-order valence-corrected chi connectivity index (χ1v) is 4.55. The van der Waals surface area contributed by atoms with Crippen LogP contribution in [0.4, 0.5) is 0 Å². The highest BCUT2D eigenvalue weighted by Gasteiger charge is 2.31. The van der Waals surface area contributed by atoms with Gasteiger partial charge < -0.3 is 4.90 Å². The van der Waals surface area contributed by atoms with Gasteiger partial charge in [0.2, 0.25) is 0 Å². The second-order valence-electron chi connectivity index (χ2n) is 4.30. The van der Waals surface area contributed by atoms with Crippen molar-refractivity contribution >= 4 is 11.8 Å². The van der Waals surface area contributed by atoms with Crippen LogP contribution in [0.25, 0.3) is 0 Å². The first-order valence-electron chi connectivity index (χ1n) is 4.55. The average molecular weight is 196 g/mol. The van der Waals surface area contributed by atoms with E-state index >= 15 is 0 Å². The smallest absolute Gasteiger partial charge is 0.253 e. The monoisotopic (exact) mass is 196 g/mol. The summed E-state index contributed by atoms with van der Waals surface area (Å²) in [5.41, 5.74) is -0.197. The van der Waals surface area contributed by atoms with Gasteiger partial charge >= 0.3 is 0 Å². The van der Waals surface area contributed by atoms with Crippen LogP contribution in [0.15, 0.2) is 12.2 Å². The zero-order chi connectivity index (χ0) is 10.9. The number of hydrogen-bond acceptors (Lipinski definition) is 3. The highest BCUT2D eigenvalue weighted by atomic mass is 16.2. The fourth-order valence-electron chi connectivity index (χ4n) is 1.12. The molecule has 1 heterocycles. The van der Waals surface area contributed by atoms with Crippen molar-refractivity contribution in [1.29, 1.82) is 0 Å². The van der Waals surface area contributed by atoms with Crippen molar-refractivity contribution in [2.75, 3.05) is 20.6 Å². The maximum absolute atomic E-state index is 11.3. The summed E-state index contributed by atoms with van der Waals surface area (Å²) in [4.78, 5) is 25.8. The van der Waals surface area contributed by atoms with Crippen LogP contribution >= 0.6 is 0 Å². The molecule has 0 fully saturated rings. The molecule has 0 aromatic rings. The van der Waals surface area contributed by atoms with E-state index in [1.807, 2.05) is 32.8 Å². The zero-order valence-corrected chi connectivity index (χ0v) is 9.07. The van der Waals surface area contributed by atoms with E-state index in [2.05, 4.69) is 0 Å². The molecule has 0 radical (unpaired) electrons. The number of amides is 2. The van der Waals surface area contributed by atoms with Gasteiger partial charge in [-0.2, -0.15) is 0 Å². The van der Waals surface area contributed by atoms with Crippen molar-refractivity contribution in [2.45, 2.75) is 19.4 Å². The first kappa shape index (κ1) is 10.9. The van der Waals surface area contributed by atoms with Crippen molar-refractivity contribution in [3.63, 3.8) is 0 Å². The van der Waals surface area contributed by atoms with Crippen molar-refractivity contribution in [3.05, 3.63) is 12.2 Å². The number of hydrogen-bond donors (Lipinski definition) is 0. The molecule has 2 amide bonds. The Hall–Kier alpha value is -1.16. The Morgan fingerprint density at radius 2 is 1.64 bits per heavy atom. The lowest BCUT2D eigenvalue weighted by molar-refractivity contribution is -0.138. The van der Waals surface area contributed by atoms with Gasteiger partial charge in [0, 0.05) is 24.2 Å². The van der Waals surface area contributed by atoms with Gasteiger partial charge in [-0.05, 0) is 27.9 Å². The molecule has 0 N–H and O–H groups in total. The Kier molecular flexibility index (Phi) is 2.76. The number of rotatable bonds is 3. The molecule has 1 rings (SSSR count). The van der Waals surface area contributed by atoms with E-state index in [1.54, 1.807) is 0 Å². The SMILES string of the molecule is CN(C)C(C)(C)CN1C(=O)C=CC1=O. The molecule has 0 bridgehead atoms. The Morgan fingerprint density at radius 3 is 2.00 bits per heavy atom. The molecule has 0 aromatic heterocycles. The number of imide groups is 1. The Morgan fingerprint density at radius 1 is 1.21 bits per heavy atom. The van der Waals surface area contributed by atoms with E-state index < -0.39 is 0 Å². The van der Waals surface area contributed by atoms with Gasteiger partial charge in [-0.1, -0.05) is 0 Å². The highest BCUT2D eigenvalue weighted by Crippen LogP contribution is 2.15. The number of likely N-dealkylation sites (N-methyl/N-ethyl adjacent to an activating group) is 1. The summed E-state index contributed by atoms with van der Waals surface area (Å²) in [6, 6.07) is 0. The maximum Gasteiger partial charge on any atom is 0.253 e. The molecule has 0 atom stereocenters. The van der Waals surface area contributed by atoms with Crippen LogP contribution in [0.2, 0.25) is 0 Å². The standard InChI is InChI=1S/C10H16N2O2/c1-10(2,11(3)4)7-12-8(13)5-6-9(12)14/h5-6H,7H2,1-4H3. The summed E-state index contributed by atoms with van der Waals surface area (Å²) < 4.78 is 0. The van der Waals surface area contributed by atoms with Gasteiger partial charge in [-0.3, -0.25) is 14.5 Å². The summed E-state index contributed by atoms with van der Waals surface area (Å²) in [6.07, 6.45) is 2.63. The normalized spacial score (nSPS) is 17.4. The molecule has 1 aliphatic heterocycles. The van der Waals surface area contributed by atoms with E-state index in [9.17, 15) is 9.59 Å². The molecule has 14 heavy (non-hydrogen) atoms. The lowest BCUT2D eigenvalue weighted by Gasteiger charge is -2.35. The van der Waals surface area contributed by atoms with E-state index in [0.717, 1.165) is 0 Å². The third-order valence-electron chi connectivity index (χ3n) is 2.66. The van der Waals surface area contributed by atoms with Gasteiger partial charge in [-0.25, -0.2) is 0 Å². The summed E-state index contributed by atoms with van der Waals surface area (Å²) in [7, 11) is 3.86. The van der Waals surface area contributed by atoms with Gasteiger partial charge in [0.1, 0.15) is 0 Å². The average Bonchev–Trinajstić information content (AvgIpc) is 2.35. The van der Waals surface area contributed by atoms with Crippen molar-refractivity contribution < 1.29 is 9.59 Å². The summed E-state index contributed by atoms with van der Waals surface area (Å²) in [6.45, 7) is 4.41. The number of carbonyl (C=O) groups is 2. The van der Waals surface area contributed by atoms with Gasteiger partial charge in [0.25, 0.3) is 11.8 Å². The Balaban J connectivity index is 2.70. The minimum atomic E-state index is -0.218. The van der Waals surface area contributed by atoms with Gasteiger partial charge in [0.15, 0.2) is 0 Å². The molecule has 4 heteroatoms. The summed E-state index contributed by atoms with van der Waals surface area (Å²) in [5, 5.41) is 0. The van der Waals surface area contributed by atoms with E-state index in [0.29, 0.717) is 6.54 Å². The van der Waals surface area contributed by atoms with Crippen LogP contribution in [-0.2, 0) is 9.59 Å². The lowest BCUT2D eigenvalue weighted by Crippen LogP contribution is -2.50. The minimum absolute atomic E-state index is 0.197. The Labute approximate surface area is 84.2 Å². The molecule has 0 saturated heterocycles. The van der Waals surface area contributed by atoms with Crippen LogP contribution in [0.3, 0.4) is 0 Å². The maximum atomic E-state index is 11.3. The van der Waals surface area contributed by atoms with Crippen LogP contribution in [0.1, 0.15) is 13.8 Å². The first-order chi connectivity index (χ1) is 6.34. The van der Waals surface area contributed by atoms with E-state index in [-0.39, 0.29) is 17.4 Å². The quantitative estimate of drug-likeness (QED) is 0.608. The third kappa shape index (κ3) is 2.01. The predicted molar refractivity (Wildman–Crippen MR) is 53.6 cm³/mol. The molecule has 0 unspecified atom stereocenters. The molecule has 78 valence electrons. The van der Waals surface area contributed by atoms with Gasteiger partial charge in [-0.15, -0.1) is 0 Å². The zero-order valence-electron chi connectivity index (χ0n) is 9.07. The fraction of sp³-hybridized carbons (Fsp3) is 0.600. The second kappa shape index (κ2) is 3.53. The molecule has 1 aliphatic rings.